The standard InChI is InChI=1S/C16H18N2O2/c1-12-6-7-13(18-8-2-3-9-18)11-14(12)17-16(19)15-5-4-10-20-15/h4-7,10-11H,2-3,8-9H2,1H3,(H,17,19). The summed E-state index contributed by atoms with van der Waals surface area (Å²) < 4.78 is 5.11. The summed E-state index contributed by atoms with van der Waals surface area (Å²) in [6.45, 7) is 4.18. The molecule has 2 heterocycles. The van der Waals surface area contributed by atoms with E-state index in [-0.39, 0.29) is 5.91 Å². The summed E-state index contributed by atoms with van der Waals surface area (Å²) in [4.78, 5) is 14.4. The van der Waals surface area contributed by atoms with Gasteiger partial charge in [-0.3, -0.25) is 4.79 Å². The van der Waals surface area contributed by atoms with Gasteiger partial charge in [0.25, 0.3) is 5.91 Å². The second-order valence-corrected chi connectivity index (χ2v) is 5.12. The highest BCUT2D eigenvalue weighted by Crippen LogP contribution is 2.26. The number of benzene rings is 1. The number of nitrogens with zero attached hydrogens (tertiary/aromatic N) is 1. The Kier molecular flexibility index (Phi) is 3.46. The van der Waals surface area contributed by atoms with Crippen molar-refractivity contribution in [1.82, 2.24) is 0 Å². The number of carbonyl (C=O) groups is 1. The topological polar surface area (TPSA) is 45.5 Å². The molecule has 1 aromatic heterocycles. The fourth-order valence-electron chi connectivity index (χ4n) is 2.51. The van der Waals surface area contributed by atoms with Gasteiger partial charge >= 0.3 is 0 Å². The van der Waals surface area contributed by atoms with Crippen LogP contribution >= 0.6 is 0 Å². The van der Waals surface area contributed by atoms with Crippen molar-refractivity contribution in [1.29, 1.82) is 0 Å². The SMILES string of the molecule is Cc1ccc(N2CCCC2)cc1NC(=O)c1ccco1. The first-order valence-electron chi connectivity index (χ1n) is 6.94. The van der Waals surface area contributed by atoms with E-state index < -0.39 is 0 Å². The minimum atomic E-state index is -0.211. The van der Waals surface area contributed by atoms with E-state index in [1.54, 1.807) is 12.1 Å². The van der Waals surface area contributed by atoms with Crippen LogP contribution in [-0.2, 0) is 0 Å². The van der Waals surface area contributed by atoms with Crippen LogP contribution in [0.3, 0.4) is 0 Å². The minimum absolute atomic E-state index is 0.211. The van der Waals surface area contributed by atoms with Crippen molar-refractivity contribution < 1.29 is 9.21 Å². The quantitative estimate of drug-likeness (QED) is 0.929. The Morgan fingerprint density at radius 3 is 2.75 bits per heavy atom. The lowest BCUT2D eigenvalue weighted by Crippen LogP contribution is -2.18. The van der Waals surface area contributed by atoms with Gasteiger partial charge in [-0.2, -0.15) is 0 Å². The van der Waals surface area contributed by atoms with Crippen molar-refractivity contribution in [3.63, 3.8) is 0 Å². The molecule has 4 nitrogen and oxygen atoms in total. The van der Waals surface area contributed by atoms with E-state index in [0.29, 0.717) is 5.76 Å². The van der Waals surface area contributed by atoms with Crippen LogP contribution in [0, 0.1) is 6.92 Å². The van der Waals surface area contributed by atoms with Gasteiger partial charge in [0, 0.05) is 24.5 Å². The Hall–Kier alpha value is -2.23. The Labute approximate surface area is 118 Å². The van der Waals surface area contributed by atoms with Crippen LogP contribution in [0.15, 0.2) is 41.0 Å². The number of hydrogen-bond acceptors (Lipinski definition) is 3. The number of hydrogen-bond donors (Lipinski definition) is 1. The van der Waals surface area contributed by atoms with Gasteiger partial charge in [-0.15, -0.1) is 0 Å². The van der Waals surface area contributed by atoms with Crippen molar-refractivity contribution in [2.24, 2.45) is 0 Å². The van der Waals surface area contributed by atoms with Crippen LogP contribution in [0.25, 0.3) is 0 Å². The van der Waals surface area contributed by atoms with E-state index in [1.165, 1.54) is 24.8 Å². The van der Waals surface area contributed by atoms with Crippen LogP contribution < -0.4 is 10.2 Å². The van der Waals surface area contributed by atoms with Crippen LogP contribution in [0.4, 0.5) is 11.4 Å². The fraction of sp³-hybridized carbons (Fsp3) is 0.312. The van der Waals surface area contributed by atoms with Crippen LogP contribution in [0.2, 0.25) is 0 Å². The van der Waals surface area contributed by atoms with Gasteiger partial charge in [0.05, 0.1) is 6.26 Å². The molecule has 4 heteroatoms. The lowest BCUT2D eigenvalue weighted by molar-refractivity contribution is 0.0996. The predicted octanol–water partition coefficient (Wildman–Crippen LogP) is 3.44. The summed E-state index contributed by atoms with van der Waals surface area (Å²) in [7, 11) is 0. The molecule has 1 aromatic carbocycles. The third kappa shape index (κ3) is 2.54. The Bertz CT molecular complexity index is 599. The summed E-state index contributed by atoms with van der Waals surface area (Å²) in [5, 5.41) is 2.92. The molecule has 0 atom stereocenters. The Balaban J connectivity index is 1.81. The third-order valence-corrected chi connectivity index (χ3v) is 3.69. The van der Waals surface area contributed by atoms with Crippen molar-refractivity contribution in [2.45, 2.75) is 19.8 Å². The molecule has 0 bridgehead atoms. The Morgan fingerprint density at radius 1 is 1.25 bits per heavy atom. The van der Waals surface area contributed by atoms with E-state index >= 15 is 0 Å². The van der Waals surface area contributed by atoms with Crippen molar-refractivity contribution in [3.8, 4) is 0 Å². The molecule has 1 aliphatic heterocycles. The molecule has 20 heavy (non-hydrogen) atoms. The first kappa shape index (κ1) is 12.8. The molecule has 0 unspecified atom stereocenters. The van der Waals surface area contributed by atoms with Crippen LogP contribution in [0.1, 0.15) is 29.0 Å². The van der Waals surface area contributed by atoms with Crippen molar-refractivity contribution in [3.05, 3.63) is 47.9 Å². The minimum Gasteiger partial charge on any atom is -0.459 e. The van der Waals surface area contributed by atoms with Gasteiger partial charge in [-0.1, -0.05) is 6.07 Å². The number of nitrogens with one attached hydrogen (secondary N) is 1. The maximum atomic E-state index is 12.0. The van der Waals surface area contributed by atoms with Crippen LogP contribution in [-0.4, -0.2) is 19.0 Å². The summed E-state index contributed by atoms with van der Waals surface area (Å²) in [5.41, 5.74) is 3.06. The monoisotopic (exact) mass is 270 g/mol. The molecule has 0 radical (unpaired) electrons. The van der Waals surface area contributed by atoms with E-state index in [9.17, 15) is 4.79 Å². The molecule has 1 fully saturated rings. The average Bonchev–Trinajstić information content (AvgIpc) is 3.14. The van der Waals surface area contributed by atoms with Gasteiger partial charge in [0.2, 0.25) is 0 Å². The van der Waals surface area contributed by atoms with E-state index in [1.807, 2.05) is 19.1 Å². The second kappa shape index (κ2) is 5.41. The first-order valence-corrected chi connectivity index (χ1v) is 6.94. The summed E-state index contributed by atoms with van der Waals surface area (Å²) >= 11 is 0. The number of anilines is 2. The molecule has 1 amide bonds. The largest absolute Gasteiger partial charge is 0.459 e. The maximum absolute atomic E-state index is 12.0. The maximum Gasteiger partial charge on any atom is 0.291 e. The Morgan fingerprint density at radius 2 is 2.05 bits per heavy atom. The molecule has 3 rings (SSSR count). The number of aryl methyl sites for hydroxylation is 1. The number of amides is 1. The van der Waals surface area contributed by atoms with E-state index in [2.05, 4.69) is 16.3 Å². The zero-order valence-electron chi connectivity index (χ0n) is 11.6. The molecule has 1 aliphatic rings. The number of carbonyl (C=O) groups excluding carboxylic acids is 1. The molecular formula is C16H18N2O2. The van der Waals surface area contributed by atoms with Gasteiger partial charge in [-0.05, 0) is 49.6 Å². The lowest BCUT2D eigenvalue weighted by atomic mass is 10.1. The van der Waals surface area contributed by atoms with Gasteiger partial charge in [-0.25, -0.2) is 0 Å². The molecule has 0 aliphatic carbocycles. The smallest absolute Gasteiger partial charge is 0.291 e. The van der Waals surface area contributed by atoms with Crippen molar-refractivity contribution in [2.75, 3.05) is 23.3 Å². The number of rotatable bonds is 3. The lowest BCUT2D eigenvalue weighted by Gasteiger charge is -2.19. The second-order valence-electron chi connectivity index (χ2n) is 5.12. The summed E-state index contributed by atoms with van der Waals surface area (Å²) in [6.07, 6.45) is 3.98. The van der Waals surface area contributed by atoms with Gasteiger partial charge < -0.3 is 14.6 Å². The summed E-state index contributed by atoms with van der Waals surface area (Å²) in [5.74, 6) is 0.118. The average molecular weight is 270 g/mol. The van der Waals surface area contributed by atoms with Crippen molar-refractivity contribution >= 4 is 17.3 Å². The fourth-order valence-corrected chi connectivity index (χ4v) is 2.51. The molecule has 2 aromatic rings. The highest BCUT2D eigenvalue weighted by Gasteiger charge is 2.15. The van der Waals surface area contributed by atoms with Gasteiger partial charge in [0.15, 0.2) is 5.76 Å². The molecule has 104 valence electrons. The van der Waals surface area contributed by atoms with E-state index in [0.717, 1.165) is 24.3 Å². The third-order valence-electron chi connectivity index (χ3n) is 3.69. The normalized spacial score (nSPS) is 14.6. The predicted molar refractivity (Wildman–Crippen MR) is 79.3 cm³/mol. The zero-order valence-corrected chi connectivity index (χ0v) is 11.6. The van der Waals surface area contributed by atoms with Gasteiger partial charge in [0.1, 0.15) is 0 Å². The summed E-state index contributed by atoms with van der Waals surface area (Å²) in [6, 6.07) is 9.58. The highest BCUT2D eigenvalue weighted by molar-refractivity contribution is 6.02. The molecule has 0 spiro atoms. The molecule has 1 N–H and O–H groups in total. The highest BCUT2D eigenvalue weighted by atomic mass is 16.3. The molecule has 0 saturated carbocycles. The molecule has 1 saturated heterocycles. The number of furan rings is 1. The first-order chi connectivity index (χ1) is 9.74. The van der Waals surface area contributed by atoms with E-state index in [4.69, 9.17) is 4.42 Å². The molecular weight excluding hydrogens is 252 g/mol. The zero-order chi connectivity index (χ0) is 13.9. The van der Waals surface area contributed by atoms with Crippen LogP contribution in [0.5, 0.6) is 0 Å².